The summed E-state index contributed by atoms with van der Waals surface area (Å²) in [7, 11) is 0. The maximum absolute atomic E-state index is 10.5. The van der Waals surface area contributed by atoms with Crippen molar-refractivity contribution in [2.75, 3.05) is 0 Å². The van der Waals surface area contributed by atoms with E-state index in [1.807, 2.05) is 25.1 Å². The molecule has 0 saturated heterocycles. The van der Waals surface area contributed by atoms with Gasteiger partial charge in [-0.3, -0.25) is 0 Å². The van der Waals surface area contributed by atoms with E-state index in [9.17, 15) is 5.11 Å². The predicted octanol–water partition coefficient (Wildman–Crippen LogP) is 3.64. The average molecular weight is 249 g/mol. The van der Waals surface area contributed by atoms with E-state index >= 15 is 0 Å². The number of aromatic nitrogens is 1. The standard InChI is InChI=1S/C14H19NOS/c1-4-14(16,10(2)3)9-13-15-11-7-5-6-8-12(11)17-13/h5-8,10,16H,4,9H2,1-3H3. The van der Waals surface area contributed by atoms with Crippen molar-refractivity contribution in [3.8, 4) is 0 Å². The van der Waals surface area contributed by atoms with Gasteiger partial charge < -0.3 is 5.11 Å². The fourth-order valence-electron chi connectivity index (χ4n) is 1.99. The Hall–Kier alpha value is -0.930. The molecule has 2 rings (SSSR count). The van der Waals surface area contributed by atoms with Crippen molar-refractivity contribution in [1.82, 2.24) is 4.98 Å². The van der Waals surface area contributed by atoms with E-state index in [1.165, 1.54) is 4.70 Å². The van der Waals surface area contributed by atoms with E-state index in [1.54, 1.807) is 11.3 Å². The molecule has 0 aliphatic heterocycles. The Morgan fingerprint density at radius 3 is 2.65 bits per heavy atom. The Labute approximate surface area is 106 Å². The molecule has 0 bridgehead atoms. The number of fused-ring (bicyclic) bond motifs is 1. The Bertz CT molecular complexity index is 473. The molecule has 1 atom stereocenters. The molecular weight excluding hydrogens is 230 g/mol. The summed E-state index contributed by atoms with van der Waals surface area (Å²) in [6, 6.07) is 8.13. The second-order valence-corrected chi connectivity index (χ2v) is 5.98. The molecule has 2 aromatic rings. The lowest BCUT2D eigenvalue weighted by molar-refractivity contribution is -0.00827. The molecule has 0 radical (unpaired) electrons. The van der Waals surface area contributed by atoms with E-state index in [4.69, 9.17) is 0 Å². The zero-order chi connectivity index (χ0) is 12.5. The monoisotopic (exact) mass is 249 g/mol. The highest BCUT2D eigenvalue weighted by atomic mass is 32.1. The summed E-state index contributed by atoms with van der Waals surface area (Å²) in [6.45, 7) is 6.17. The van der Waals surface area contributed by atoms with Crippen LogP contribution in [-0.4, -0.2) is 15.7 Å². The van der Waals surface area contributed by atoms with Crippen LogP contribution in [0.1, 0.15) is 32.2 Å². The summed E-state index contributed by atoms with van der Waals surface area (Å²) in [5, 5.41) is 11.6. The molecule has 0 amide bonds. The van der Waals surface area contributed by atoms with Crippen LogP contribution in [-0.2, 0) is 6.42 Å². The highest BCUT2D eigenvalue weighted by Crippen LogP contribution is 2.30. The van der Waals surface area contributed by atoms with Gasteiger partial charge in [0.25, 0.3) is 0 Å². The number of nitrogens with zero attached hydrogens (tertiary/aromatic N) is 1. The first-order chi connectivity index (χ1) is 8.05. The van der Waals surface area contributed by atoms with Crippen LogP contribution < -0.4 is 0 Å². The SMILES string of the molecule is CCC(O)(Cc1nc2ccccc2s1)C(C)C. The van der Waals surface area contributed by atoms with Crippen LogP contribution in [0.2, 0.25) is 0 Å². The third-order valence-electron chi connectivity index (χ3n) is 3.48. The minimum Gasteiger partial charge on any atom is -0.389 e. The summed E-state index contributed by atoms with van der Waals surface area (Å²) in [4.78, 5) is 4.59. The molecule has 1 N–H and O–H groups in total. The number of aliphatic hydroxyl groups is 1. The van der Waals surface area contributed by atoms with Crippen LogP contribution in [0.5, 0.6) is 0 Å². The van der Waals surface area contributed by atoms with E-state index in [0.29, 0.717) is 6.42 Å². The lowest BCUT2D eigenvalue weighted by Crippen LogP contribution is -2.36. The highest BCUT2D eigenvalue weighted by Gasteiger charge is 2.30. The number of rotatable bonds is 4. The Morgan fingerprint density at radius 2 is 2.06 bits per heavy atom. The Morgan fingerprint density at radius 1 is 1.35 bits per heavy atom. The number of benzene rings is 1. The third-order valence-corrected chi connectivity index (χ3v) is 4.52. The molecule has 17 heavy (non-hydrogen) atoms. The van der Waals surface area contributed by atoms with Gasteiger partial charge in [-0.05, 0) is 24.5 Å². The average Bonchev–Trinajstić information content (AvgIpc) is 2.70. The maximum Gasteiger partial charge on any atom is 0.0967 e. The van der Waals surface area contributed by atoms with Crippen molar-refractivity contribution in [3.05, 3.63) is 29.3 Å². The maximum atomic E-state index is 10.5. The molecule has 1 heterocycles. The van der Waals surface area contributed by atoms with Crippen molar-refractivity contribution in [3.63, 3.8) is 0 Å². The van der Waals surface area contributed by atoms with Crippen LogP contribution in [0.15, 0.2) is 24.3 Å². The van der Waals surface area contributed by atoms with Gasteiger partial charge in [0.2, 0.25) is 0 Å². The number of hydrogen-bond acceptors (Lipinski definition) is 3. The first kappa shape index (κ1) is 12.5. The van der Waals surface area contributed by atoms with Crippen LogP contribution in [0.25, 0.3) is 10.2 Å². The molecule has 0 saturated carbocycles. The zero-order valence-corrected chi connectivity index (χ0v) is 11.4. The number of thiazole rings is 1. The van der Waals surface area contributed by atoms with E-state index < -0.39 is 5.60 Å². The van der Waals surface area contributed by atoms with Gasteiger partial charge in [0.05, 0.1) is 20.8 Å². The Balaban J connectivity index is 2.29. The van der Waals surface area contributed by atoms with Crippen LogP contribution in [0, 0.1) is 5.92 Å². The van der Waals surface area contributed by atoms with Crippen LogP contribution in [0.3, 0.4) is 0 Å². The first-order valence-corrected chi connectivity index (χ1v) is 6.93. The van der Waals surface area contributed by atoms with Gasteiger partial charge in [-0.1, -0.05) is 32.9 Å². The molecule has 2 nitrogen and oxygen atoms in total. The normalized spacial score (nSPS) is 15.4. The second kappa shape index (κ2) is 4.75. The minimum absolute atomic E-state index is 0.250. The smallest absolute Gasteiger partial charge is 0.0967 e. The topological polar surface area (TPSA) is 33.1 Å². The fourth-order valence-corrected chi connectivity index (χ4v) is 3.08. The molecular formula is C14H19NOS. The summed E-state index contributed by atoms with van der Waals surface area (Å²) >= 11 is 1.69. The van der Waals surface area contributed by atoms with Crippen molar-refractivity contribution in [2.45, 2.75) is 39.2 Å². The summed E-state index contributed by atoms with van der Waals surface area (Å²) in [6.07, 6.45) is 1.42. The number of para-hydroxylation sites is 1. The summed E-state index contributed by atoms with van der Waals surface area (Å²) < 4.78 is 1.20. The molecule has 0 spiro atoms. The lowest BCUT2D eigenvalue weighted by atomic mass is 9.85. The highest BCUT2D eigenvalue weighted by molar-refractivity contribution is 7.18. The van der Waals surface area contributed by atoms with Crippen molar-refractivity contribution in [2.24, 2.45) is 5.92 Å². The molecule has 1 aromatic carbocycles. The summed E-state index contributed by atoms with van der Waals surface area (Å²) in [5.41, 5.74) is 0.406. The van der Waals surface area contributed by atoms with Gasteiger partial charge in [0, 0.05) is 6.42 Å². The Kier molecular flexibility index (Phi) is 3.50. The largest absolute Gasteiger partial charge is 0.389 e. The molecule has 1 aromatic heterocycles. The van der Waals surface area contributed by atoms with E-state index in [-0.39, 0.29) is 5.92 Å². The van der Waals surface area contributed by atoms with Crippen molar-refractivity contribution >= 4 is 21.6 Å². The van der Waals surface area contributed by atoms with Gasteiger partial charge >= 0.3 is 0 Å². The number of hydrogen-bond donors (Lipinski definition) is 1. The third kappa shape index (κ3) is 2.50. The predicted molar refractivity (Wildman–Crippen MR) is 73.4 cm³/mol. The quantitative estimate of drug-likeness (QED) is 0.897. The van der Waals surface area contributed by atoms with Crippen molar-refractivity contribution < 1.29 is 5.11 Å². The first-order valence-electron chi connectivity index (χ1n) is 6.12. The molecule has 0 aliphatic rings. The van der Waals surface area contributed by atoms with Gasteiger partial charge in [0.1, 0.15) is 0 Å². The van der Waals surface area contributed by atoms with Crippen LogP contribution in [0.4, 0.5) is 0 Å². The molecule has 92 valence electrons. The van der Waals surface area contributed by atoms with Gasteiger partial charge in [0.15, 0.2) is 0 Å². The van der Waals surface area contributed by atoms with Crippen molar-refractivity contribution in [1.29, 1.82) is 0 Å². The summed E-state index contributed by atoms with van der Waals surface area (Å²) in [5.74, 6) is 0.250. The minimum atomic E-state index is -0.631. The lowest BCUT2D eigenvalue weighted by Gasteiger charge is -2.30. The zero-order valence-electron chi connectivity index (χ0n) is 10.6. The molecule has 3 heteroatoms. The van der Waals surface area contributed by atoms with E-state index in [0.717, 1.165) is 16.9 Å². The van der Waals surface area contributed by atoms with Gasteiger partial charge in [-0.2, -0.15) is 0 Å². The van der Waals surface area contributed by atoms with Crippen LogP contribution >= 0.6 is 11.3 Å². The van der Waals surface area contributed by atoms with Gasteiger partial charge in [-0.25, -0.2) is 4.98 Å². The molecule has 0 aliphatic carbocycles. The molecule has 0 fully saturated rings. The van der Waals surface area contributed by atoms with E-state index in [2.05, 4.69) is 24.9 Å². The molecule has 1 unspecified atom stereocenters. The fraction of sp³-hybridized carbons (Fsp3) is 0.500. The second-order valence-electron chi connectivity index (χ2n) is 4.86. The van der Waals surface area contributed by atoms with Gasteiger partial charge in [-0.15, -0.1) is 11.3 Å².